The van der Waals surface area contributed by atoms with Gasteiger partial charge in [0.15, 0.2) is 11.5 Å². The first-order valence-electron chi connectivity index (χ1n) is 6.37. The second-order valence-corrected chi connectivity index (χ2v) is 6.50. The molecule has 0 aromatic heterocycles. The zero-order chi connectivity index (χ0) is 14.7. The molecule has 1 aromatic carbocycles. The number of carbonyl (C=O) groups excluding carboxylic acids is 1. The van der Waals surface area contributed by atoms with Crippen molar-refractivity contribution in [3.63, 3.8) is 0 Å². The Morgan fingerprint density at radius 2 is 1.95 bits per heavy atom. The van der Waals surface area contributed by atoms with E-state index in [0.29, 0.717) is 30.2 Å². The molecule has 1 aromatic rings. The molecule has 4 N–H and O–H groups in total. The van der Waals surface area contributed by atoms with Gasteiger partial charge in [0.2, 0.25) is 5.91 Å². The van der Waals surface area contributed by atoms with Gasteiger partial charge in [-0.15, -0.1) is 0 Å². The molecule has 0 aliphatic carbocycles. The Labute approximate surface area is 119 Å². The Bertz CT molecular complexity index is 525. The van der Waals surface area contributed by atoms with Crippen molar-refractivity contribution in [2.24, 2.45) is 5.73 Å². The molecule has 20 heavy (non-hydrogen) atoms. The summed E-state index contributed by atoms with van der Waals surface area (Å²) in [6.45, 7) is 0.944. The molecule has 1 aliphatic rings. The highest BCUT2D eigenvalue weighted by atomic mass is 32.2. The van der Waals surface area contributed by atoms with Gasteiger partial charge in [-0.1, -0.05) is 6.07 Å². The lowest BCUT2D eigenvalue weighted by atomic mass is 10.0. The number of amides is 1. The number of nitrogens with zero attached hydrogens (tertiary/aromatic N) is 1. The first-order chi connectivity index (χ1) is 9.47. The molecule has 2 rings (SSSR count). The normalized spacial score (nSPS) is 17.9. The molecule has 0 bridgehead atoms. The summed E-state index contributed by atoms with van der Waals surface area (Å²) in [5, 5.41) is 18.6. The third-order valence-electron chi connectivity index (χ3n) is 3.30. The van der Waals surface area contributed by atoms with Gasteiger partial charge in [0, 0.05) is 35.4 Å². The maximum absolute atomic E-state index is 12.2. The number of nitrogens with two attached hydrogens (primary N) is 1. The average Bonchev–Trinajstić information content (AvgIpc) is 2.43. The van der Waals surface area contributed by atoms with Crippen LogP contribution in [0.3, 0.4) is 0 Å². The first-order valence-corrected chi connectivity index (χ1v) is 7.86. The molecular formula is C13H18N2O4S. The van der Waals surface area contributed by atoms with Crippen LogP contribution in [0.1, 0.15) is 5.56 Å². The van der Waals surface area contributed by atoms with E-state index in [1.54, 1.807) is 11.0 Å². The molecule has 0 saturated carbocycles. The van der Waals surface area contributed by atoms with Crippen LogP contribution in [0.2, 0.25) is 0 Å². The summed E-state index contributed by atoms with van der Waals surface area (Å²) in [4.78, 5) is 13.8. The standard InChI is InChI=1S/C13H18N2O4S/c14-10(7-9-1-2-11(16)12(17)8-9)13(18)15-3-5-20(19)6-4-15/h1-2,8,10,16-17H,3-7,14H2/t10-/m0/s1. The number of hydrogen-bond donors (Lipinski definition) is 3. The minimum atomic E-state index is -0.830. The topological polar surface area (TPSA) is 104 Å². The van der Waals surface area contributed by atoms with Crippen LogP contribution >= 0.6 is 0 Å². The molecular weight excluding hydrogens is 280 g/mol. The van der Waals surface area contributed by atoms with E-state index in [1.807, 2.05) is 0 Å². The smallest absolute Gasteiger partial charge is 0.239 e. The summed E-state index contributed by atoms with van der Waals surface area (Å²) in [5.74, 6) is 0.397. The highest BCUT2D eigenvalue weighted by molar-refractivity contribution is 7.85. The largest absolute Gasteiger partial charge is 0.504 e. The van der Waals surface area contributed by atoms with E-state index in [1.165, 1.54) is 12.1 Å². The fourth-order valence-corrected chi connectivity index (χ4v) is 3.18. The summed E-state index contributed by atoms with van der Waals surface area (Å²) >= 11 is 0. The van der Waals surface area contributed by atoms with Crippen molar-refractivity contribution in [2.75, 3.05) is 24.6 Å². The third kappa shape index (κ3) is 3.49. The second-order valence-electron chi connectivity index (χ2n) is 4.81. The summed E-state index contributed by atoms with van der Waals surface area (Å²) in [6, 6.07) is 3.68. The van der Waals surface area contributed by atoms with Gasteiger partial charge < -0.3 is 20.8 Å². The van der Waals surface area contributed by atoms with Crippen molar-refractivity contribution < 1.29 is 19.2 Å². The van der Waals surface area contributed by atoms with Crippen molar-refractivity contribution in [1.29, 1.82) is 0 Å². The van der Waals surface area contributed by atoms with Crippen LogP contribution in [-0.2, 0) is 22.0 Å². The minimum Gasteiger partial charge on any atom is -0.504 e. The zero-order valence-electron chi connectivity index (χ0n) is 11.0. The van der Waals surface area contributed by atoms with Crippen molar-refractivity contribution >= 4 is 16.7 Å². The Morgan fingerprint density at radius 1 is 1.30 bits per heavy atom. The third-order valence-corrected chi connectivity index (χ3v) is 4.58. The zero-order valence-corrected chi connectivity index (χ0v) is 11.8. The molecule has 7 heteroatoms. The monoisotopic (exact) mass is 298 g/mol. The van der Waals surface area contributed by atoms with E-state index in [9.17, 15) is 19.2 Å². The Morgan fingerprint density at radius 3 is 2.55 bits per heavy atom. The number of phenolic OH excluding ortho intramolecular Hbond substituents is 2. The van der Waals surface area contributed by atoms with Crippen LogP contribution < -0.4 is 5.73 Å². The summed E-state index contributed by atoms with van der Waals surface area (Å²) < 4.78 is 11.3. The van der Waals surface area contributed by atoms with Gasteiger partial charge in [0.25, 0.3) is 0 Å². The summed E-state index contributed by atoms with van der Waals surface area (Å²) in [7, 11) is -0.830. The molecule has 1 amide bonds. The fourth-order valence-electron chi connectivity index (χ4n) is 2.13. The number of carbonyl (C=O) groups is 1. The highest BCUT2D eigenvalue weighted by Crippen LogP contribution is 2.25. The molecule has 1 heterocycles. The molecule has 110 valence electrons. The Balaban J connectivity index is 1.96. The predicted molar refractivity (Wildman–Crippen MR) is 75.9 cm³/mol. The van der Waals surface area contributed by atoms with E-state index >= 15 is 0 Å². The van der Waals surface area contributed by atoms with Gasteiger partial charge in [-0.25, -0.2) is 0 Å². The van der Waals surface area contributed by atoms with Gasteiger partial charge in [-0.2, -0.15) is 0 Å². The lowest BCUT2D eigenvalue weighted by Gasteiger charge is -2.28. The molecule has 1 saturated heterocycles. The molecule has 0 unspecified atom stereocenters. The number of hydrogen-bond acceptors (Lipinski definition) is 5. The van der Waals surface area contributed by atoms with Crippen LogP contribution in [0, 0.1) is 0 Å². The van der Waals surface area contributed by atoms with Gasteiger partial charge in [0.05, 0.1) is 6.04 Å². The molecule has 6 nitrogen and oxygen atoms in total. The average molecular weight is 298 g/mol. The molecule has 0 spiro atoms. The van der Waals surface area contributed by atoms with E-state index in [2.05, 4.69) is 0 Å². The van der Waals surface area contributed by atoms with E-state index in [-0.39, 0.29) is 23.8 Å². The van der Waals surface area contributed by atoms with Gasteiger partial charge >= 0.3 is 0 Å². The number of phenols is 2. The van der Waals surface area contributed by atoms with Crippen molar-refractivity contribution in [2.45, 2.75) is 12.5 Å². The second kappa shape index (κ2) is 6.23. The summed E-state index contributed by atoms with van der Waals surface area (Å²) in [5.41, 5.74) is 6.57. The van der Waals surface area contributed by atoms with E-state index < -0.39 is 16.8 Å². The number of benzene rings is 1. The van der Waals surface area contributed by atoms with Crippen LogP contribution in [0.25, 0.3) is 0 Å². The summed E-state index contributed by atoms with van der Waals surface area (Å²) in [6.07, 6.45) is 0.284. The van der Waals surface area contributed by atoms with Crippen LogP contribution in [0.4, 0.5) is 0 Å². The maximum Gasteiger partial charge on any atom is 0.239 e. The van der Waals surface area contributed by atoms with Gasteiger partial charge in [-0.05, 0) is 24.1 Å². The van der Waals surface area contributed by atoms with Crippen LogP contribution in [0.5, 0.6) is 11.5 Å². The van der Waals surface area contributed by atoms with Gasteiger partial charge in [-0.3, -0.25) is 9.00 Å². The molecule has 1 atom stereocenters. The van der Waals surface area contributed by atoms with Gasteiger partial charge in [0.1, 0.15) is 0 Å². The molecule has 1 fully saturated rings. The van der Waals surface area contributed by atoms with Crippen molar-refractivity contribution in [3.8, 4) is 11.5 Å². The van der Waals surface area contributed by atoms with Crippen LogP contribution in [-0.4, -0.2) is 55.9 Å². The SMILES string of the molecule is N[C@@H](Cc1ccc(O)c(O)c1)C(=O)N1CCS(=O)CC1. The first kappa shape index (κ1) is 14.8. The maximum atomic E-state index is 12.2. The fraction of sp³-hybridized carbons (Fsp3) is 0.462. The lowest BCUT2D eigenvalue weighted by Crippen LogP contribution is -2.49. The minimum absolute atomic E-state index is 0.172. The number of aromatic hydroxyl groups is 2. The van der Waals surface area contributed by atoms with Crippen molar-refractivity contribution in [1.82, 2.24) is 4.90 Å². The lowest BCUT2D eigenvalue weighted by molar-refractivity contribution is -0.132. The van der Waals surface area contributed by atoms with Crippen LogP contribution in [0.15, 0.2) is 18.2 Å². The molecule has 0 radical (unpaired) electrons. The number of rotatable bonds is 3. The quantitative estimate of drug-likeness (QED) is 0.656. The van der Waals surface area contributed by atoms with Crippen molar-refractivity contribution in [3.05, 3.63) is 23.8 Å². The van der Waals surface area contributed by atoms with E-state index in [4.69, 9.17) is 5.73 Å². The predicted octanol–water partition coefficient (Wildman–Crippen LogP) is -0.442. The Hall–Kier alpha value is -1.60. The van der Waals surface area contributed by atoms with E-state index in [0.717, 1.165) is 0 Å². The highest BCUT2D eigenvalue weighted by Gasteiger charge is 2.24. The Kier molecular flexibility index (Phi) is 4.61. The molecule has 1 aliphatic heterocycles.